The first kappa shape index (κ1) is 23.0. The van der Waals surface area contributed by atoms with Gasteiger partial charge in [0.2, 0.25) is 14.9 Å². The topological polar surface area (TPSA) is 18.5 Å². The Hall–Kier alpha value is 0.921. The van der Waals surface area contributed by atoms with E-state index in [2.05, 4.69) is 93.7 Å². The molecule has 0 spiro atoms. The molecule has 0 aliphatic carbocycles. The van der Waals surface area contributed by atoms with Crippen molar-refractivity contribution >= 4 is 34.2 Å². The molecule has 0 bridgehead atoms. The van der Waals surface area contributed by atoms with Crippen molar-refractivity contribution in [2.24, 2.45) is 0 Å². The molecule has 0 amide bonds. The maximum Gasteiger partial charge on any atom is 0.324 e. The normalized spacial score (nSPS) is 23.2. The molecule has 0 radical (unpaired) electrons. The molecule has 0 aromatic heterocycles. The van der Waals surface area contributed by atoms with Gasteiger partial charge in [-0.3, -0.25) is 0 Å². The van der Waals surface area contributed by atoms with E-state index in [1.807, 2.05) is 0 Å². The Morgan fingerprint density at radius 3 is 0.875 bits per heavy atom. The van der Waals surface area contributed by atoms with Crippen LogP contribution >= 0.6 is 10.7 Å². The largest absolute Gasteiger partial charge is 0.427 e. The van der Waals surface area contributed by atoms with E-state index >= 15 is 0 Å². The molecule has 1 saturated heterocycles. The van der Waals surface area contributed by atoms with E-state index < -0.39 is 23.5 Å². The molecule has 2 nitrogen and oxygen atoms in total. The minimum Gasteiger partial charge on any atom is -0.427 e. The molecule has 0 aromatic rings. The zero-order valence-corrected chi connectivity index (χ0v) is 22.0. The third kappa shape index (κ3) is 3.65. The van der Waals surface area contributed by atoms with Crippen LogP contribution in [0.5, 0.6) is 0 Å². The molecule has 144 valence electrons. The third-order valence-corrected chi connectivity index (χ3v) is 36.0. The average Bonchev–Trinajstić information content (AvgIpc) is 2.44. The Kier molecular flexibility index (Phi) is 7.54. The van der Waals surface area contributed by atoms with Gasteiger partial charge in [-0.2, -0.15) is 0 Å². The summed E-state index contributed by atoms with van der Waals surface area (Å²) >= 11 is 0. The number of rotatable bonds is 6. The van der Waals surface area contributed by atoms with Crippen LogP contribution < -0.4 is 0 Å². The summed E-state index contributed by atoms with van der Waals surface area (Å²) in [7, 11) is -3.88. The monoisotopic (exact) mass is 406 g/mol. The van der Waals surface area contributed by atoms with Gasteiger partial charge >= 0.3 is 8.56 Å². The second-order valence-corrected chi connectivity index (χ2v) is 28.8. The molecule has 0 atom stereocenters. The predicted molar refractivity (Wildman–Crippen MR) is 118 cm³/mol. The lowest BCUT2D eigenvalue weighted by atomic mass is 10.5. The lowest BCUT2D eigenvalue weighted by Gasteiger charge is -2.60. The van der Waals surface area contributed by atoms with E-state index in [1.54, 1.807) is 0 Å². The summed E-state index contributed by atoms with van der Waals surface area (Å²) in [5, 5.41) is 0. The van der Waals surface area contributed by atoms with Crippen LogP contribution in [0.1, 0.15) is 83.1 Å². The van der Waals surface area contributed by atoms with Crippen molar-refractivity contribution in [3.63, 3.8) is 0 Å². The van der Waals surface area contributed by atoms with Gasteiger partial charge in [-0.1, -0.05) is 83.1 Å². The maximum absolute atomic E-state index is 7.32. The lowest BCUT2D eigenvalue weighted by Crippen LogP contribution is -2.70. The molecule has 1 aliphatic heterocycles. The minimum atomic E-state index is -2.26. The Morgan fingerprint density at radius 1 is 0.458 bits per heavy atom. The fourth-order valence-electron chi connectivity index (χ4n) is 4.22. The molecule has 1 fully saturated rings. The van der Waals surface area contributed by atoms with Gasteiger partial charge < -0.3 is 8.23 Å². The highest BCUT2D eigenvalue weighted by Gasteiger charge is 2.66. The summed E-state index contributed by atoms with van der Waals surface area (Å²) in [6.07, 6.45) is 0. The lowest BCUT2D eigenvalue weighted by molar-refractivity contribution is 0.327. The molecule has 24 heavy (non-hydrogen) atoms. The van der Waals surface area contributed by atoms with Crippen molar-refractivity contribution in [1.29, 1.82) is 0 Å². The summed E-state index contributed by atoms with van der Waals surface area (Å²) in [5.41, 5.74) is 3.51. The fourth-order valence-corrected chi connectivity index (χ4v) is 44.7. The first-order valence-corrected chi connectivity index (χ1v) is 18.2. The van der Waals surface area contributed by atoms with E-state index in [9.17, 15) is 0 Å². The van der Waals surface area contributed by atoms with E-state index in [0.717, 1.165) is 0 Å². The van der Waals surface area contributed by atoms with Crippen LogP contribution in [0.25, 0.3) is 0 Å². The van der Waals surface area contributed by atoms with Crippen molar-refractivity contribution in [2.45, 2.75) is 116 Å². The van der Waals surface area contributed by atoms with Crippen LogP contribution in [0, 0.1) is 0 Å². The Balaban J connectivity index is 3.68. The summed E-state index contributed by atoms with van der Waals surface area (Å²) in [6.45, 7) is 28.7. The minimum absolute atomic E-state index is 0.507. The Bertz CT molecular complexity index is 325. The molecule has 0 aromatic carbocycles. The molecule has 6 heteroatoms. The third-order valence-electron chi connectivity index (χ3n) is 5.79. The SMILES string of the molecule is CC(C)[Si]1(C(C)C)O[Si](C(C)C)(C(C)C)S[Si](C(C)C)(C(C)C)O1. The highest BCUT2D eigenvalue weighted by atomic mass is 32.5. The van der Waals surface area contributed by atoms with Crippen molar-refractivity contribution < 1.29 is 8.23 Å². The molecule has 0 saturated carbocycles. The fraction of sp³-hybridized carbons (Fsp3) is 1.00. The first-order chi connectivity index (χ1) is 10.8. The van der Waals surface area contributed by atoms with E-state index in [-0.39, 0.29) is 0 Å². The number of hydrogen-bond acceptors (Lipinski definition) is 3. The van der Waals surface area contributed by atoms with Gasteiger partial charge in [-0.15, -0.1) is 10.7 Å². The standard InChI is InChI=1S/C18H42O2SSi3/c1-13(2)22(14(3)4)19-23(15(5)6,16(7)8)21-24(20-22,17(9)10)18(11)12/h13-18H,1-12H3. The van der Waals surface area contributed by atoms with Gasteiger partial charge in [0.05, 0.1) is 0 Å². The predicted octanol–water partition coefficient (Wildman–Crippen LogP) is 7.55. The van der Waals surface area contributed by atoms with Crippen LogP contribution in [-0.2, 0) is 8.23 Å². The molecule has 0 N–H and O–H groups in total. The highest BCUT2D eigenvalue weighted by molar-refractivity contribution is 8.49. The van der Waals surface area contributed by atoms with Crippen LogP contribution in [0.3, 0.4) is 0 Å². The first-order valence-electron chi connectivity index (χ1n) is 9.88. The molecule has 1 heterocycles. The highest BCUT2D eigenvalue weighted by Crippen LogP contribution is 2.61. The quantitative estimate of drug-likeness (QED) is 0.424. The Morgan fingerprint density at radius 2 is 0.708 bits per heavy atom. The second-order valence-electron chi connectivity index (χ2n) is 9.40. The molecule has 1 aliphatic rings. The molecular weight excluding hydrogens is 365 g/mol. The van der Waals surface area contributed by atoms with Gasteiger partial charge in [-0.25, -0.2) is 0 Å². The van der Waals surface area contributed by atoms with Crippen LogP contribution in [0.4, 0.5) is 0 Å². The summed E-state index contributed by atoms with van der Waals surface area (Å²) in [5.74, 6) is 0. The van der Waals surface area contributed by atoms with Crippen LogP contribution in [0.15, 0.2) is 0 Å². The van der Waals surface area contributed by atoms with Gasteiger partial charge in [0.1, 0.15) is 0 Å². The zero-order valence-electron chi connectivity index (χ0n) is 18.2. The van der Waals surface area contributed by atoms with Gasteiger partial charge in [0, 0.05) is 0 Å². The smallest absolute Gasteiger partial charge is 0.324 e. The molecule has 0 unspecified atom stereocenters. The summed E-state index contributed by atoms with van der Waals surface area (Å²) < 4.78 is 14.6. The van der Waals surface area contributed by atoms with E-state index in [1.165, 1.54) is 0 Å². The van der Waals surface area contributed by atoms with Gasteiger partial charge in [0.15, 0.2) is 0 Å². The van der Waals surface area contributed by atoms with Gasteiger partial charge in [0.25, 0.3) is 0 Å². The second kappa shape index (κ2) is 7.89. The zero-order chi connectivity index (χ0) is 19.1. The molecular formula is C18H42O2SSi3. The van der Waals surface area contributed by atoms with Crippen molar-refractivity contribution in [2.75, 3.05) is 0 Å². The van der Waals surface area contributed by atoms with Crippen molar-refractivity contribution in [3.8, 4) is 0 Å². The number of hydrogen-bond donors (Lipinski definition) is 0. The summed E-state index contributed by atoms with van der Waals surface area (Å²) in [4.78, 5) is 0. The van der Waals surface area contributed by atoms with Crippen molar-refractivity contribution in [1.82, 2.24) is 0 Å². The van der Waals surface area contributed by atoms with Gasteiger partial charge in [-0.05, 0) is 33.2 Å². The van der Waals surface area contributed by atoms with E-state index in [4.69, 9.17) is 8.23 Å². The molecule has 1 rings (SSSR count). The van der Waals surface area contributed by atoms with Crippen LogP contribution in [-0.4, -0.2) is 23.5 Å². The van der Waals surface area contributed by atoms with E-state index in [0.29, 0.717) is 33.2 Å². The average molecular weight is 407 g/mol. The van der Waals surface area contributed by atoms with Crippen molar-refractivity contribution in [3.05, 3.63) is 0 Å². The Labute approximate surface area is 158 Å². The van der Waals surface area contributed by atoms with Crippen LogP contribution in [0.2, 0.25) is 33.2 Å². The summed E-state index contributed by atoms with van der Waals surface area (Å²) in [6, 6.07) is 0. The maximum atomic E-state index is 7.32.